The lowest BCUT2D eigenvalue weighted by atomic mass is 9.78. The number of β-lactam (4-membered cyclic amide) rings is 1. The molecule has 1 unspecified atom stereocenters. The molecule has 0 aromatic carbocycles. The Labute approximate surface area is 144 Å². The van der Waals surface area contributed by atoms with Crippen LogP contribution in [0.15, 0.2) is 11.3 Å². The number of hydrogen-bond acceptors (Lipinski definition) is 5. The van der Waals surface area contributed by atoms with Crippen molar-refractivity contribution in [3.63, 3.8) is 0 Å². The molecule has 3 aliphatic heterocycles. The molecule has 2 N–H and O–H groups in total. The molecule has 9 nitrogen and oxygen atoms in total. The second kappa shape index (κ2) is 5.88. The Kier molecular flexibility index (Phi) is 4.08. The lowest BCUT2D eigenvalue weighted by Crippen LogP contribution is -2.74. The van der Waals surface area contributed by atoms with Crippen molar-refractivity contribution in [2.45, 2.75) is 24.7 Å². The maximum Gasteiger partial charge on any atom is 0.471 e. The highest BCUT2D eigenvalue weighted by molar-refractivity contribution is 6.03. The Morgan fingerprint density at radius 1 is 1.35 bits per heavy atom. The number of ether oxygens (including phenoxy) is 1. The van der Waals surface area contributed by atoms with Crippen molar-refractivity contribution in [2.75, 3.05) is 20.2 Å². The van der Waals surface area contributed by atoms with Gasteiger partial charge in [-0.25, -0.2) is 9.59 Å². The number of carboxylic acids is 1. The highest BCUT2D eigenvalue weighted by Crippen LogP contribution is 2.49. The maximum atomic E-state index is 12.7. The number of alkyl halides is 3. The molecule has 142 valence electrons. The predicted octanol–water partition coefficient (Wildman–Crippen LogP) is -0.315. The van der Waals surface area contributed by atoms with E-state index >= 15 is 0 Å². The minimum atomic E-state index is -5.12. The van der Waals surface area contributed by atoms with Gasteiger partial charge in [0.2, 0.25) is 0 Å². The number of nitrogens with one attached hydrogen (secondary N) is 1. The molecule has 0 bridgehead atoms. The molecule has 3 heterocycles. The van der Waals surface area contributed by atoms with Crippen LogP contribution in [0, 0.1) is 5.92 Å². The summed E-state index contributed by atoms with van der Waals surface area (Å²) >= 11 is 0. The Bertz CT molecular complexity index is 734. The fraction of sp³-hybridized carbons (Fsp3) is 0.571. The van der Waals surface area contributed by atoms with Gasteiger partial charge in [0.25, 0.3) is 5.91 Å². The molecule has 3 rings (SSSR count). The number of hydrogen-bond donors (Lipinski definition) is 2. The molecule has 26 heavy (non-hydrogen) atoms. The first-order valence-corrected chi connectivity index (χ1v) is 7.61. The summed E-state index contributed by atoms with van der Waals surface area (Å²) in [7, 11) is 1.30. The van der Waals surface area contributed by atoms with Crippen LogP contribution in [0.25, 0.3) is 0 Å². The third-order valence-electron chi connectivity index (χ3n) is 4.80. The number of aliphatic carboxylic acids is 1. The van der Waals surface area contributed by atoms with Crippen molar-refractivity contribution in [2.24, 2.45) is 5.92 Å². The summed E-state index contributed by atoms with van der Waals surface area (Å²) in [4.78, 5) is 48.0. The number of piperidine rings is 1. The zero-order valence-electron chi connectivity index (χ0n) is 13.4. The normalized spacial score (nSPS) is 27.1. The van der Waals surface area contributed by atoms with Crippen LogP contribution < -0.4 is 5.32 Å². The van der Waals surface area contributed by atoms with Gasteiger partial charge in [-0.15, -0.1) is 0 Å². The quantitative estimate of drug-likeness (QED) is 0.652. The summed E-state index contributed by atoms with van der Waals surface area (Å²) in [5, 5.41) is 11.6. The van der Waals surface area contributed by atoms with Crippen LogP contribution in [0.1, 0.15) is 6.42 Å². The van der Waals surface area contributed by atoms with E-state index in [2.05, 4.69) is 5.32 Å². The molecule has 2 fully saturated rings. The Hall–Kier alpha value is -2.79. The van der Waals surface area contributed by atoms with Gasteiger partial charge in [-0.2, -0.15) is 13.2 Å². The smallest absolute Gasteiger partial charge is 0.471 e. The van der Waals surface area contributed by atoms with Gasteiger partial charge >= 0.3 is 24.1 Å². The fourth-order valence-electron chi connectivity index (χ4n) is 3.79. The van der Waals surface area contributed by atoms with Crippen LogP contribution in [0.2, 0.25) is 0 Å². The van der Waals surface area contributed by atoms with Gasteiger partial charge in [-0.3, -0.25) is 14.5 Å². The van der Waals surface area contributed by atoms with Crippen molar-refractivity contribution in [1.29, 1.82) is 0 Å². The number of carbonyl (C=O) groups excluding carboxylic acids is 3. The van der Waals surface area contributed by atoms with Gasteiger partial charge in [0.05, 0.1) is 6.04 Å². The van der Waals surface area contributed by atoms with Gasteiger partial charge in [0.1, 0.15) is 18.3 Å². The SMILES string of the molecule is CNC(=O)OCC1=C(C(=O)O)N2C(=O)[C@@H]3[C@H]2C1CCN3C(=O)C(F)(F)F. The van der Waals surface area contributed by atoms with Gasteiger partial charge < -0.3 is 20.1 Å². The minimum absolute atomic E-state index is 0.0238. The van der Waals surface area contributed by atoms with Crippen LogP contribution in [-0.4, -0.2) is 77.2 Å². The van der Waals surface area contributed by atoms with E-state index in [1.165, 1.54) is 7.05 Å². The van der Waals surface area contributed by atoms with E-state index in [0.29, 0.717) is 4.90 Å². The largest absolute Gasteiger partial charge is 0.477 e. The number of carboxylic acid groups (broad SMARTS) is 1. The minimum Gasteiger partial charge on any atom is -0.477 e. The van der Waals surface area contributed by atoms with Crippen LogP contribution in [0.4, 0.5) is 18.0 Å². The van der Waals surface area contributed by atoms with E-state index in [-0.39, 0.29) is 18.5 Å². The summed E-state index contributed by atoms with van der Waals surface area (Å²) in [6, 6.07) is -2.26. The van der Waals surface area contributed by atoms with E-state index in [0.717, 1.165) is 4.90 Å². The molecular formula is C14H14F3N3O6. The van der Waals surface area contributed by atoms with Gasteiger partial charge in [-0.1, -0.05) is 0 Å². The molecule has 3 aliphatic rings. The lowest BCUT2D eigenvalue weighted by Gasteiger charge is -2.53. The molecule has 2 saturated heterocycles. The lowest BCUT2D eigenvalue weighted by molar-refractivity contribution is -0.198. The third kappa shape index (κ3) is 2.47. The molecule has 0 radical (unpaired) electrons. The van der Waals surface area contributed by atoms with Crippen molar-refractivity contribution in [3.05, 3.63) is 11.3 Å². The number of nitrogens with zero attached hydrogens (tertiary/aromatic N) is 2. The highest BCUT2D eigenvalue weighted by atomic mass is 19.4. The van der Waals surface area contributed by atoms with E-state index in [1.54, 1.807) is 0 Å². The molecule has 0 spiro atoms. The number of carbonyl (C=O) groups is 4. The molecule has 0 aromatic rings. The average molecular weight is 377 g/mol. The summed E-state index contributed by atoms with van der Waals surface area (Å²) in [5.41, 5.74) is -0.243. The number of amides is 3. The van der Waals surface area contributed by atoms with Gasteiger partial charge in [0, 0.05) is 25.1 Å². The first-order chi connectivity index (χ1) is 12.1. The molecule has 12 heteroatoms. The molecule has 0 aliphatic carbocycles. The van der Waals surface area contributed by atoms with E-state index in [4.69, 9.17) is 4.74 Å². The number of halogens is 3. The second-order valence-electron chi connectivity index (χ2n) is 6.04. The standard InChI is InChI=1S/C14H14F3N3O6/c1-18-13(25)26-4-6-5-2-3-19(12(24)14(15,16)17)9-7(5)20(10(9)21)8(6)11(22)23/h5,7,9H,2-4H2,1H3,(H,18,25)(H,22,23)/t5?,7-,9+/m1/s1. The average Bonchev–Trinajstić information content (AvgIpc) is 2.89. The molecule has 3 atom stereocenters. The monoisotopic (exact) mass is 377 g/mol. The zero-order chi connectivity index (χ0) is 19.4. The van der Waals surface area contributed by atoms with Crippen molar-refractivity contribution >= 4 is 23.9 Å². The maximum absolute atomic E-state index is 12.7. The molecule has 0 aromatic heterocycles. The summed E-state index contributed by atoms with van der Waals surface area (Å²) in [6.45, 7) is -0.758. The molecular weight excluding hydrogens is 363 g/mol. The van der Waals surface area contributed by atoms with Gasteiger partial charge in [0.15, 0.2) is 0 Å². The topological polar surface area (TPSA) is 116 Å². The third-order valence-corrected chi connectivity index (χ3v) is 4.80. The predicted molar refractivity (Wildman–Crippen MR) is 75.4 cm³/mol. The van der Waals surface area contributed by atoms with E-state index in [9.17, 15) is 37.5 Å². The van der Waals surface area contributed by atoms with Crippen molar-refractivity contribution < 1.29 is 42.2 Å². The fourth-order valence-corrected chi connectivity index (χ4v) is 3.79. The van der Waals surface area contributed by atoms with Crippen LogP contribution in [0.3, 0.4) is 0 Å². The van der Waals surface area contributed by atoms with Crippen LogP contribution in [0.5, 0.6) is 0 Å². The summed E-state index contributed by atoms with van der Waals surface area (Å²) < 4.78 is 43.1. The number of likely N-dealkylation sites (tertiary alicyclic amines) is 1. The summed E-state index contributed by atoms with van der Waals surface area (Å²) in [5.74, 6) is -5.05. The van der Waals surface area contributed by atoms with Gasteiger partial charge in [-0.05, 0) is 6.42 Å². The first-order valence-electron chi connectivity index (χ1n) is 7.61. The Balaban J connectivity index is 1.89. The second-order valence-corrected chi connectivity index (χ2v) is 6.04. The highest BCUT2D eigenvalue weighted by Gasteiger charge is 2.66. The van der Waals surface area contributed by atoms with Crippen LogP contribution >= 0.6 is 0 Å². The van der Waals surface area contributed by atoms with E-state index in [1.807, 2.05) is 0 Å². The van der Waals surface area contributed by atoms with Crippen molar-refractivity contribution in [1.82, 2.24) is 15.1 Å². The number of alkyl carbamates (subject to hydrolysis) is 1. The first kappa shape index (κ1) is 18.0. The summed E-state index contributed by atoms with van der Waals surface area (Å²) in [6.07, 6.45) is -5.92. The Morgan fingerprint density at radius 3 is 2.54 bits per heavy atom. The number of rotatable bonds is 3. The molecule has 3 amide bonds. The van der Waals surface area contributed by atoms with E-state index < -0.39 is 60.4 Å². The van der Waals surface area contributed by atoms with Crippen molar-refractivity contribution in [3.8, 4) is 0 Å². The van der Waals surface area contributed by atoms with Crippen LogP contribution in [-0.2, 0) is 19.1 Å². The Morgan fingerprint density at radius 2 is 2.00 bits per heavy atom. The zero-order valence-corrected chi connectivity index (χ0v) is 13.4. The molecule has 0 saturated carbocycles.